The fraction of sp³-hybridized carbons (Fsp3) is 0.826. The van der Waals surface area contributed by atoms with Crippen molar-refractivity contribution < 1.29 is 70.7 Å². The highest BCUT2D eigenvalue weighted by molar-refractivity contribution is 6.21. The summed E-state index contributed by atoms with van der Waals surface area (Å²) in [5.74, 6) is -11.0. The second-order valence-corrected chi connectivity index (χ2v) is 30.3. The highest BCUT2D eigenvalue weighted by Gasteiger charge is 2.51. The molecule has 24 nitrogen and oxygen atoms in total. The number of alkyl halides is 4. The van der Waals surface area contributed by atoms with Crippen LogP contribution in [-0.2, 0) is 57.5 Å². The van der Waals surface area contributed by atoms with Gasteiger partial charge in [0.2, 0.25) is 70.9 Å². The number of nitrogens with one attached hydrogen (secondary N) is 4. The van der Waals surface area contributed by atoms with Crippen LogP contribution in [0.5, 0.6) is 0 Å². The molecule has 2 aliphatic heterocycles. The van der Waals surface area contributed by atoms with Crippen molar-refractivity contribution in [2.45, 2.75) is 256 Å². The van der Waals surface area contributed by atoms with Gasteiger partial charge in [0.15, 0.2) is 0 Å². The number of hydrogen-bond acceptors (Lipinski definition) is 12. The van der Waals surface area contributed by atoms with Crippen LogP contribution in [0.25, 0.3) is 0 Å². The molecule has 5 aliphatic rings. The number of rotatable bonds is 12. The van der Waals surface area contributed by atoms with Crippen molar-refractivity contribution in [3.8, 4) is 0 Å². The molecule has 0 aromatic rings. The Kier molecular flexibility index (Phi) is 29.5. The van der Waals surface area contributed by atoms with E-state index in [-0.39, 0.29) is 88.5 Å². The van der Waals surface area contributed by atoms with Gasteiger partial charge in [0.25, 0.3) is 0 Å². The summed E-state index contributed by atoms with van der Waals surface area (Å²) >= 11 is 6.34. The summed E-state index contributed by atoms with van der Waals surface area (Å²) in [6.45, 7) is 15.5. The second-order valence-electron chi connectivity index (χ2n) is 29.7. The van der Waals surface area contributed by atoms with Gasteiger partial charge in [-0.3, -0.25) is 57.5 Å². The van der Waals surface area contributed by atoms with Gasteiger partial charge >= 0.3 is 6.18 Å². The Balaban J connectivity index is 1.59. The standard InChI is InChI=1S/C69H114ClF3N12O12/c1-18-41(6)56-65(95)80(13)44(9)61(91)85-33-30-50(85)64(94)82(15)52(36-46-24-22-40(5)23-25-46)63(93)79(12)38-54(86)75-49(29-27-45-26-28-47(48(70)35-45)69(71,72)73)59(89)74-43(8)58(88)77-68(31-20-21-32-68)67(97)84(17)57(42(7)19-2)66(96)83(16)53(62(92)78(10)11)37-55(87)81(14)51(34-39(3)4)60(90)76-56/h39-53,56-57H,18-38H2,1-17H3,(H,74,89)(H,75,86)(H,76,90)(H,77,88)/t40?,41-,42-,43-,44-,45?,46?,47?,48?,49-,50-,51-,52-,53-,56-,57-/m0/s1. The van der Waals surface area contributed by atoms with Crippen molar-refractivity contribution in [3.63, 3.8) is 0 Å². The number of hydrogen-bond donors (Lipinski definition) is 4. The predicted octanol–water partition coefficient (Wildman–Crippen LogP) is 5.32. The van der Waals surface area contributed by atoms with Crippen LogP contribution in [0.15, 0.2) is 0 Å². The molecule has 28 heteroatoms. The monoisotopic (exact) mass is 1390 g/mol. The summed E-state index contributed by atoms with van der Waals surface area (Å²) in [6, 6.07) is -11.2. The number of carbonyl (C=O) groups is 12. The van der Waals surface area contributed by atoms with E-state index in [1.807, 2.05) is 27.7 Å². The molecule has 12 amide bonds. The Morgan fingerprint density at radius 3 is 1.78 bits per heavy atom. The molecule has 3 aliphatic carbocycles. The van der Waals surface area contributed by atoms with Crippen LogP contribution in [0.1, 0.15) is 184 Å². The lowest BCUT2D eigenvalue weighted by atomic mass is 9.79. The lowest BCUT2D eigenvalue weighted by molar-refractivity contribution is -0.182. The van der Waals surface area contributed by atoms with Crippen LogP contribution in [-0.4, -0.2) is 251 Å². The minimum absolute atomic E-state index is 0.0142. The number of fused-ring (bicyclic) bond motifs is 1. The van der Waals surface area contributed by atoms with E-state index >= 15 is 9.59 Å². The number of halogens is 4. The first kappa shape index (κ1) is 81.4. The molecule has 1 spiro atoms. The van der Waals surface area contributed by atoms with Crippen LogP contribution >= 0.6 is 11.6 Å². The van der Waals surface area contributed by atoms with E-state index in [9.17, 15) is 61.1 Å². The van der Waals surface area contributed by atoms with Crippen LogP contribution in [0, 0.1) is 41.4 Å². The largest absolute Gasteiger partial charge is 0.393 e. The smallest absolute Gasteiger partial charge is 0.347 e. The average Bonchev–Trinajstić information content (AvgIpc) is 1.08. The minimum atomic E-state index is -4.51. The maximum atomic E-state index is 15.3. The molecule has 0 aromatic carbocycles. The quantitative estimate of drug-likeness (QED) is 0.181. The normalized spacial score (nSPS) is 31.5. The van der Waals surface area contributed by atoms with Gasteiger partial charge in [0, 0.05) is 68.3 Å². The number of amides is 12. The second kappa shape index (κ2) is 35.2. The third-order valence-electron chi connectivity index (χ3n) is 21.9. The molecule has 0 aromatic heterocycles. The lowest BCUT2D eigenvalue weighted by Gasteiger charge is -2.45. The fourth-order valence-electron chi connectivity index (χ4n) is 14.6. The first-order chi connectivity index (χ1) is 45.2. The van der Waals surface area contributed by atoms with Gasteiger partial charge in [-0.2, -0.15) is 13.2 Å². The molecule has 14 atom stereocenters. The van der Waals surface area contributed by atoms with E-state index in [0.29, 0.717) is 31.6 Å². The van der Waals surface area contributed by atoms with Gasteiger partial charge in [-0.15, -0.1) is 11.6 Å². The summed E-state index contributed by atoms with van der Waals surface area (Å²) in [5, 5.41) is 9.98. The Hall–Kier alpha value is -6.28. The van der Waals surface area contributed by atoms with E-state index < -0.39 is 173 Å². The molecule has 5 rings (SSSR count). The molecule has 97 heavy (non-hydrogen) atoms. The van der Waals surface area contributed by atoms with Crippen molar-refractivity contribution in [1.82, 2.24) is 60.5 Å². The van der Waals surface area contributed by atoms with E-state index in [4.69, 9.17) is 11.6 Å². The van der Waals surface area contributed by atoms with Crippen molar-refractivity contribution in [2.75, 3.05) is 69.5 Å². The average molecular weight is 1400 g/mol. The molecule has 5 fully saturated rings. The van der Waals surface area contributed by atoms with Crippen LogP contribution < -0.4 is 21.3 Å². The molecular weight excluding hydrogens is 1280 g/mol. The van der Waals surface area contributed by atoms with Gasteiger partial charge in [0.1, 0.15) is 59.9 Å². The number of nitrogens with zero attached hydrogens (tertiary/aromatic N) is 8. The van der Waals surface area contributed by atoms with Crippen molar-refractivity contribution in [3.05, 3.63) is 0 Å². The van der Waals surface area contributed by atoms with Crippen LogP contribution in [0.4, 0.5) is 13.2 Å². The summed E-state index contributed by atoms with van der Waals surface area (Å²) in [7, 11) is 11.4. The van der Waals surface area contributed by atoms with Gasteiger partial charge in [-0.05, 0) is 114 Å². The van der Waals surface area contributed by atoms with Gasteiger partial charge in [-0.1, -0.05) is 99.8 Å². The molecule has 0 radical (unpaired) electrons. The fourth-order valence-corrected chi connectivity index (χ4v) is 15.2. The SMILES string of the molecule is CC[C@H](C)[C@@H]1NC(=O)[C@H](CC(C)C)N(C)C(=O)C[C@@H](C(=O)N(C)C)N(C)C(=O)[C@H]([C@@H](C)CC)N(C)C(=O)C2(CCCC2)NC(=O)[C@H](C)NC(=O)[C@H](CCC2CCC(C(F)(F)F)C(Cl)C2)NC(=O)CN(C)C(=O)[C@H](CC2CCC(C)CC2)N(C)C(=O)[C@@H]2CCN2C(=O)[C@H](C)N(C)C1=O. The highest BCUT2D eigenvalue weighted by Crippen LogP contribution is 2.44. The zero-order chi connectivity index (χ0) is 73.0. The summed E-state index contributed by atoms with van der Waals surface area (Å²) < 4.78 is 41.8. The van der Waals surface area contributed by atoms with Gasteiger partial charge in [0.05, 0.1) is 18.9 Å². The molecule has 4 N–H and O–H groups in total. The van der Waals surface area contributed by atoms with Crippen molar-refractivity contribution in [1.29, 1.82) is 0 Å². The molecule has 2 heterocycles. The van der Waals surface area contributed by atoms with Crippen molar-refractivity contribution >= 4 is 82.5 Å². The zero-order valence-electron chi connectivity index (χ0n) is 60.7. The Bertz CT molecular complexity index is 2820. The summed E-state index contributed by atoms with van der Waals surface area (Å²) in [4.78, 5) is 187. The number of carbonyl (C=O) groups excluding carboxylic acids is 12. The Labute approximate surface area is 578 Å². The third-order valence-corrected chi connectivity index (χ3v) is 22.4. The summed E-state index contributed by atoms with van der Waals surface area (Å²) in [6.07, 6.45) is 0.724. The Morgan fingerprint density at radius 2 is 1.25 bits per heavy atom. The van der Waals surface area contributed by atoms with E-state index in [1.165, 1.54) is 99.6 Å². The van der Waals surface area contributed by atoms with Gasteiger partial charge < -0.3 is 60.5 Å². The van der Waals surface area contributed by atoms with Crippen LogP contribution in [0.3, 0.4) is 0 Å². The zero-order valence-corrected chi connectivity index (χ0v) is 61.4. The van der Waals surface area contributed by atoms with Crippen molar-refractivity contribution in [2.24, 2.45) is 41.4 Å². The highest BCUT2D eigenvalue weighted by atomic mass is 35.5. The molecule has 2 saturated heterocycles. The molecule has 550 valence electrons. The van der Waals surface area contributed by atoms with E-state index in [1.54, 1.807) is 13.8 Å². The first-order valence-electron chi connectivity index (χ1n) is 35.3. The van der Waals surface area contributed by atoms with E-state index in [2.05, 4.69) is 28.2 Å². The summed E-state index contributed by atoms with van der Waals surface area (Å²) in [5.41, 5.74) is -1.60. The van der Waals surface area contributed by atoms with Gasteiger partial charge in [-0.25, -0.2) is 0 Å². The minimum Gasteiger partial charge on any atom is -0.347 e. The molecule has 3 unspecified atom stereocenters. The number of likely N-dealkylation sites (N-methyl/N-ethyl adjacent to an activating group) is 7. The molecular formula is C69H114ClF3N12O12. The third kappa shape index (κ3) is 20.2. The molecule has 0 bridgehead atoms. The molecule has 3 saturated carbocycles. The maximum absolute atomic E-state index is 15.3. The lowest BCUT2D eigenvalue weighted by Crippen LogP contribution is -2.65. The predicted molar refractivity (Wildman–Crippen MR) is 360 cm³/mol. The maximum Gasteiger partial charge on any atom is 0.393 e. The Morgan fingerprint density at radius 1 is 0.649 bits per heavy atom. The topological polar surface area (TPSA) is 279 Å². The van der Waals surface area contributed by atoms with E-state index in [0.717, 1.165) is 35.5 Å². The van der Waals surface area contributed by atoms with Crippen LogP contribution in [0.2, 0.25) is 0 Å². The first-order valence-corrected chi connectivity index (χ1v) is 35.7.